The summed E-state index contributed by atoms with van der Waals surface area (Å²) >= 11 is 1.52. The molecule has 2 saturated heterocycles. The fourth-order valence-corrected chi connectivity index (χ4v) is 8.05. The number of hydrogen-bond acceptors (Lipinski definition) is 4. The first-order valence-electron chi connectivity index (χ1n) is 13.7. The first kappa shape index (κ1) is 24.5. The summed E-state index contributed by atoms with van der Waals surface area (Å²) in [6.45, 7) is 6.39. The van der Waals surface area contributed by atoms with Crippen LogP contribution in [0, 0.1) is 5.92 Å². The molecule has 0 aromatic heterocycles. The molecule has 0 radical (unpaired) electrons. The number of likely N-dealkylation sites (tertiary alicyclic amines) is 1. The van der Waals surface area contributed by atoms with Gasteiger partial charge in [0.15, 0.2) is 0 Å². The van der Waals surface area contributed by atoms with Crippen molar-refractivity contribution in [1.82, 2.24) is 4.90 Å². The summed E-state index contributed by atoms with van der Waals surface area (Å²) < 4.78 is 41.7. The molecule has 3 fully saturated rings. The van der Waals surface area contributed by atoms with E-state index in [1.165, 1.54) is 60.8 Å². The summed E-state index contributed by atoms with van der Waals surface area (Å²) in [5.41, 5.74) is 3.60. The van der Waals surface area contributed by atoms with Crippen molar-refractivity contribution in [1.29, 1.82) is 0 Å². The molecular formula is C29H36F3N3S. The van der Waals surface area contributed by atoms with Gasteiger partial charge in [0.1, 0.15) is 0 Å². The Hall–Kier alpha value is -1.86. The minimum Gasteiger partial charge on any atom is -0.382 e. The van der Waals surface area contributed by atoms with Gasteiger partial charge in [0.25, 0.3) is 0 Å². The molecule has 194 valence electrons. The maximum Gasteiger partial charge on any atom is 0.416 e. The molecule has 3 aliphatic heterocycles. The molecule has 36 heavy (non-hydrogen) atoms. The van der Waals surface area contributed by atoms with Crippen LogP contribution in [0.15, 0.2) is 40.1 Å². The molecule has 1 aliphatic carbocycles. The molecule has 6 rings (SSSR count). The number of hydrogen-bond donors (Lipinski definition) is 1. The van der Waals surface area contributed by atoms with Crippen LogP contribution >= 0.6 is 11.8 Å². The predicted molar refractivity (Wildman–Crippen MR) is 141 cm³/mol. The first-order chi connectivity index (χ1) is 17.4. The van der Waals surface area contributed by atoms with Crippen LogP contribution in [0.25, 0.3) is 0 Å². The molecule has 2 unspecified atom stereocenters. The second kappa shape index (κ2) is 9.79. The van der Waals surface area contributed by atoms with Gasteiger partial charge in [0, 0.05) is 59.3 Å². The van der Waals surface area contributed by atoms with Gasteiger partial charge in [0.05, 0.1) is 5.56 Å². The average molecular weight is 516 g/mol. The lowest BCUT2D eigenvalue weighted by molar-refractivity contribution is -0.137. The van der Waals surface area contributed by atoms with Crippen LogP contribution in [0.2, 0.25) is 0 Å². The van der Waals surface area contributed by atoms with Crippen LogP contribution in [0.1, 0.15) is 68.6 Å². The molecule has 0 amide bonds. The number of nitrogens with zero attached hydrogens (tertiary/aromatic N) is 2. The number of fused-ring (bicyclic) bond motifs is 3. The van der Waals surface area contributed by atoms with Crippen LogP contribution in [-0.4, -0.2) is 43.2 Å². The zero-order chi connectivity index (χ0) is 24.9. The summed E-state index contributed by atoms with van der Waals surface area (Å²) in [5, 5.41) is 3.55. The smallest absolute Gasteiger partial charge is 0.382 e. The molecule has 1 saturated carbocycles. The highest BCUT2D eigenvalue weighted by molar-refractivity contribution is 7.99. The lowest BCUT2D eigenvalue weighted by Crippen LogP contribution is -2.39. The maximum absolute atomic E-state index is 13.9. The second-order valence-electron chi connectivity index (χ2n) is 11.1. The lowest BCUT2D eigenvalue weighted by Gasteiger charge is -2.34. The third kappa shape index (κ3) is 4.73. The largest absolute Gasteiger partial charge is 0.416 e. The Labute approximate surface area is 216 Å². The lowest BCUT2D eigenvalue weighted by atomic mass is 9.97. The Balaban J connectivity index is 1.26. The van der Waals surface area contributed by atoms with Crippen molar-refractivity contribution < 1.29 is 13.2 Å². The highest BCUT2D eigenvalue weighted by Gasteiger charge is 2.38. The highest BCUT2D eigenvalue weighted by Crippen LogP contribution is 2.48. The van der Waals surface area contributed by atoms with Gasteiger partial charge in [-0.1, -0.05) is 31.2 Å². The molecule has 2 aromatic carbocycles. The van der Waals surface area contributed by atoms with Gasteiger partial charge in [-0.3, -0.25) is 0 Å². The van der Waals surface area contributed by atoms with Gasteiger partial charge in [-0.2, -0.15) is 13.2 Å². The van der Waals surface area contributed by atoms with Crippen LogP contribution in [0.4, 0.5) is 24.5 Å². The third-order valence-corrected chi connectivity index (χ3v) is 9.94. The molecular weight excluding hydrogens is 479 g/mol. The zero-order valence-corrected chi connectivity index (χ0v) is 21.9. The molecule has 3 nitrogen and oxygen atoms in total. The summed E-state index contributed by atoms with van der Waals surface area (Å²) in [6, 6.07) is 10.3. The second-order valence-corrected chi connectivity index (χ2v) is 12.2. The Morgan fingerprint density at radius 3 is 2.58 bits per heavy atom. The Kier molecular flexibility index (Phi) is 6.65. The monoisotopic (exact) mass is 515 g/mol. The van der Waals surface area contributed by atoms with Crippen molar-refractivity contribution in [3.8, 4) is 0 Å². The number of nitrogens with one attached hydrogen (secondary N) is 1. The van der Waals surface area contributed by atoms with Gasteiger partial charge >= 0.3 is 6.18 Å². The number of piperidine rings is 1. The molecule has 7 heteroatoms. The first-order valence-corrected chi connectivity index (χ1v) is 14.5. The Morgan fingerprint density at radius 1 is 0.972 bits per heavy atom. The minimum atomic E-state index is -4.36. The number of alkyl halides is 3. The Bertz CT molecular complexity index is 1110. The van der Waals surface area contributed by atoms with Gasteiger partial charge in [0.2, 0.25) is 0 Å². The summed E-state index contributed by atoms with van der Waals surface area (Å²) in [5.74, 6) is 0.811. The van der Waals surface area contributed by atoms with E-state index in [0.717, 1.165) is 66.7 Å². The number of benzene rings is 2. The van der Waals surface area contributed by atoms with Gasteiger partial charge in [-0.25, -0.2) is 0 Å². The number of anilines is 2. The predicted octanol–water partition coefficient (Wildman–Crippen LogP) is 7.43. The maximum atomic E-state index is 13.9. The van der Waals surface area contributed by atoms with Crippen LogP contribution < -0.4 is 10.2 Å². The van der Waals surface area contributed by atoms with Crippen molar-refractivity contribution in [2.45, 2.75) is 86.3 Å². The Morgan fingerprint density at radius 2 is 1.81 bits per heavy atom. The quantitative estimate of drug-likeness (QED) is 0.381. The highest BCUT2D eigenvalue weighted by atomic mass is 32.2. The van der Waals surface area contributed by atoms with E-state index in [4.69, 9.17) is 0 Å². The average Bonchev–Trinajstić information content (AvgIpc) is 3.48. The summed E-state index contributed by atoms with van der Waals surface area (Å²) in [4.78, 5) is 6.87. The van der Waals surface area contributed by atoms with E-state index < -0.39 is 11.7 Å². The molecule has 2 atom stereocenters. The number of rotatable bonds is 5. The van der Waals surface area contributed by atoms with Crippen LogP contribution in [0.3, 0.4) is 0 Å². The molecule has 3 heterocycles. The van der Waals surface area contributed by atoms with Crippen molar-refractivity contribution in [2.24, 2.45) is 5.92 Å². The summed E-state index contributed by atoms with van der Waals surface area (Å²) in [6.07, 6.45) is 4.57. The van der Waals surface area contributed by atoms with Gasteiger partial charge in [-0.05, 0) is 86.4 Å². The van der Waals surface area contributed by atoms with E-state index in [2.05, 4.69) is 40.2 Å². The van der Waals surface area contributed by atoms with Crippen molar-refractivity contribution >= 4 is 23.1 Å². The van der Waals surface area contributed by atoms with E-state index >= 15 is 0 Å². The van der Waals surface area contributed by atoms with Crippen LogP contribution in [0.5, 0.6) is 0 Å². The SMILES string of the molecule is CCCN1CCC(Nc2cc(C(F)(F)F)cc3c2Cc2ccc(N4CCC5CCCC54)cc2S3)CC1. The molecule has 0 bridgehead atoms. The molecule has 4 aliphatic rings. The normalized spacial score (nSPS) is 24.5. The topological polar surface area (TPSA) is 18.5 Å². The standard InChI is InChI=1S/C29H36F3N3S/c1-2-11-34-12-9-22(10-13-34)33-25-16-21(29(30,31)32)17-28-24(25)15-20-6-7-23(18-27(20)36-28)35-14-8-19-4-3-5-26(19)35/h6-7,16-19,22,26,33H,2-5,8-15H2,1H3. The van der Waals surface area contributed by atoms with E-state index in [9.17, 15) is 13.2 Å². The summed E-state index contributed by atoms with van der Waals surface area (Å²) in [7, 11) is 0. The van der Waals surface area contributed by atoms with Crippen molar-refractivity contribution in [3.63, 3.8) is 0 Å². The van der Waals surface area contributed by atoms with E-state index in [-0.39, 0.29) is 6.04 Å². The van der Waals surface area contributed by atoms with E-state index in [1.807, 2.05) is 0 Å². The molecule has 1 N–H and O–H groups in total. The van der Waals surface area contributed by atoms with E-state index in [1.54, 1.807) is 0 Å². The molecule has 2 aromatic rings. The fraction of sp³-hybridized carbons (Fsp3) is 0.586. The van der Waals surface area contributed by atoms with Crippen molar-refractivity contribution in [3.05, 3.63) is 47.0 Å². The third-order valence-electron chi connectivity index (χ3n) is 8.75. The van der Waals surface area contributed by atoms with Crippen molar-refractivity contribution in [2.75, 3.05) is 36.4 Å². The fourth-order valence-electron chi connectivity index (χ4n) is 6.88. The van der Waals surface area contributed by atoms with Gasteiger partial charge in [-0.15, -0.1) is 0 Å². The van der Waals surface area contributed by atoms with Gasteiger partial charge < -0.3 is 15.1 Å². The minimum absolute atomic E-state index is 0.217. The van der Waals surface area contributed by atoms with Crippen LogP contribution in [-0.2, 0) is 12.6 Å². The zero-order valence-electron chi connectivity index (χ0n) is 21.0. The van der Waals surface area contributed by atoms with E-state index in [0.29, 0.717) is 18.2 Å². The number of halogens is 3. The molecule has 0 spiro atoms.